The minimum atomic E-state index is -0.406. The number of halogens is 1. The van der Waals surface area contributed by atoms with Crippen LogP contribution in [-0.4, -0.2) is 22.7 Å². The number of carbonyl (C=O) groups is 1. The Morgan fingerprint density at radius 2 is 2.14 bits per heavy atom. The molecule has 1 fully saturated rings. The first kappa shape index (κ1) is 12.0. The number of rotatable bonds is 3. The van der Waals surface area contributed by atoms with Gasteiger partial charge < -0.3 is 9.47 Å². The lowest BCUT2D eigenvalue weighted by Crippen LogP contribution is -2.34. The van der Waals surface area contributed by atoms with Gasteiger partial charge in [0.15, 0.2) is 0 Å². The summed E-state index contributed by atoms with van der Waals surface area (Å²) in [4.78, 5) is 11.2. The Hall–Kier alpha value is -0.0900. The quantitative estimate of drug-likeness (QED) is 0.581. The van der Waals surface area contributed by atoms with E-state index in [1.165, 1.54) is 0 Å². The highest BCUT2D eigenvalue weighted by atomic mass is 79.9. The van der Waals surface area contributed by atoms with Crippen LogP contribution in [0, 0.1) is 5.92 Å². The standard InChI is InChI=1S/C10H17BrO3/c1-6(2)13-9-7(10(3,4)11)5-8(12)14-9/h6-7,9H,5H2,1-4H3/t7-,9-/m1/s1. The van der Waals surface area contributed by atoms with Crippen molar-refractivity contribution in [3.8, 4) is 0 Å². The monoisotopic (exact) mass is 264 g/mol. The van der Waals surface area contributed by atoms with Crippen molar-refractivity contribution in [3.05, 3.63) is 0 Å². The van der Waals surface area contributed by atoms with E-state index in [0.29, 0.717) is 6.42 Å². The Labute approximate surface area is 93.3 Å². The van der Waals surface area contributed by atoms with Crippen molar-refractivity contribution >= 4 is 21.9 Å². The maximum absolute atomic E-state index is 11.2. The maximum Gasteiger partial charge on any atom is 0.308 e. The molecule has 3 nitrogen and oxygen atoms in total. The average molecular weight is 265 g/mol. The lowest BCUT2D eigenvalue weighted by molar-refractivity contribution is -0.176. The topological polar surface area (TPSA) is 35.5 Å². The molecule has 0 saturated carbocycles. The molecule has 0 N–H and O–H groups in total. The highest BCUT2D eigenvalue weighted by molar-refractivity contribution is 9.10. The third kappa shape index (κ3) is 2.95. The number of hydrogen-bond acceptors (Lipinski definition) is 3. The highest BCUT2D eigenvalue weighted by Crippen LogP contribution is 2.38. The predicted octanol–water partition coefficient (Wildman–Crippen LogP) is 2.47. The van der Waals surface area contributed by atoms with Crippen molar-refractivity contribution in [1.29, 1.82) is 0 Å². The molecule has 1 saturated heterocycles. The summed E-state index contributed by atoms with van der Waals surface area (Å²) in [6.07, 6.45) is 0.0930. The van der Waals surface area contributed by atoms with Crippen molar-refractivity contribution in [2.24, 2.45) is 5.92 Å². The zero-order valence-corrected chi connectivity index (χ0v) is 10.6. The van der Waals surface area contributed by atoms with Crippen LogP contribution >= 0.6 is 15.9 Å². The number of carbonyl (C=O) groups excluding carboxylic acids is 1. The first-order valence-electron chi connectivity index (χ1n) is 4.84. The smallest absolute Gasteiger partial charge is 0.308 e. The van der Waals surface area contributed by atoms with Crippen LogP contribution in [0.15, 0.2) is 0 Å². The van der Waals surface area contributed by atoms with E-state index < -0.39 is 6.29 Å². The van der Waals surface area contributed by atoms with Gasteiger partial charge in [0.25, 0.3) is 0 Å². The first-order chi connectivity index (χ1) is 6.30. The van der Waals surface area contributed by atoms with E-state index in [1.54, 1.807) is 0 Å². The molecule has 0 bridgehead atoms. The second kappa shape index (κ2) is 4.19. The van der Waals surface area contributed by atoms with Gasteiger partial charge in [-0.3, -0.25) is 4.79 Å². The largest absolute Gasteiger partial charge is 0.435 e. The van der Waals surface area contributed by atoms with Crippen molar-refractivity contribution in [1.82, 2.24) is 0 Å². The number of cyclic esters (lactones) is 1. The van der Waals surface area contributed by atoms with Crippen molar-refractivity contribution in [2.45, 2.75) is 50.8 Å². The fourth-order valence-electron chi connectivity index (χ4n) is 1.49. The zero-order valence-electron chi connectivity index (χ0n) is 9.04. The summed E-state index contributed by atoms with van der Waals surface area (Å²) >= 11 is 3.55. The number of alkyl halides is 1. The molecule has 2 atom stereocenters. The van der Waals surface area contributed by atoms with E-state index in [1.807, 2.05) is 27.7 Å². The number of esters is 1. The highest BCUT2D eigenvalue weighted by Gasteiger charge is 2.44. The van der Waals surface area contributed by atoms with Gasteiger partial charge in [0.05, 0.1) is 12.5 Å². The second-order valence-corrected chi connectivity index (χ2v) is 6.46. The molecule has 0 unspecified atom stereocenters. The Morgan fingerprint density at radius 1 is 1.57 bits per heavy atom. The SMILES string of the molecule is CC(C)O[C@@H]1OC(=O)C[C@H]1C(C)(C)Br. The first-order valence-corrected chi connectivity index (χ1v) is 5.64. The minimum absolute atomic E-state index is 0.0725. The van der Waals surface area contributed by atoms with E-state index in [9.17, 15) is 4.79 Å². The Morgan fingerprint density at radius 3 is 2.57 bits per heavy atom. The van der Waals surface area contributed by atoms with Crippen molar-refractivity contribution < 1.29 is 14.3 Å². The maximum atomic E-state index is 11.2. The van der Waals surface area contributed by atoms with E-state index in [4.69, 9.17) is 9.47 Å². The molecule has 1 aliphatic rings. The van der Waals surface area contributed by atoms with E-state index in [0.717, 1.165) is 0 Å². The van der Waals surface area contributed by atoms with E-state index in [2.05, 4.69) is 15.9 Å². The molecule has 82 valence electrons. The summed E-state index contributed by atoms with van der Waals surface area (Å²) in [6.45, 7) is 7.92. The number of hydrogen-bond donors (Lipinski definition) is 0. The van der Waals surface area contributed by atoms with E-state index in [-0.39, 0.29) is 22.3 Å². The Bertz CT molecular complexity index is 220. The van der Waals surface area contributed by atoms with Crippen LogP contribution in [-0.2, 0) is 14.3 Å². The van der Waals surface area contributed by atoms with Crippen LogP contribution in [0.25, 0.3) is 0 Å². The van der Waals surface area contributed by atoms with Crippen LogP contribution in [0.5, 0.6) is 0 Å². The molecule has 4 heteroatoms. The van der Waals surface area contributed by atoms with Gasteiger partial charge in [0.1, 0.15) is 0 Å². The lowest BCUT2D eigenvalue weighted by atomic mass is 9.93. The van der Waals surface area contributed by atoms with Gasteiger partial charge in [-0.25, -0.2) is 0 Å². The number of ether oxygens (including phenoxy) is 2. The van der Waals surface area contributed by atoms with Gasteiger partial charge in [-0.2, -0.15) is 0 Å². The predicted molar refractivity (Wildman–Crippen MR) is 57.2 cm³/mol. The molecule has 0 spiro atoms. The molecular formula is C10H17BrO3. The summed E-state index contributed by atoms with van der Waals surface area (Å²) in [6, 6.07) is 0. The Kier molecular flexibility index (Phi) is 3.58. The van der Waals surface area contributed by atoms with Crippen LogP contribution < -0.4 is 0 Å². The fourth-order valence-corrected chi connectivity index (χ4v) is 1.87. The molecule has 0 amide bonds. The van der Waals surface area contributed by atoms with Crippen molar-refractivity contribution in [2.75, 3.05) is 0 Å². The third-order valence-corrected chi connectivity index (χ3v) is 2.84. The molecule has 0 radical (unpaired) electrons. The summed E-state index contributed by atoms with van der Waals surface area (Å²) < 4.78 is 10.5. The summed E-state index contributed by atoms with van der Waals surface area (Å²) in [5.74, 6) is -0.0921. The molecule has 0 aromatic rings. The Balaban J connectivity index is 2.68. The van der Waals surface area contributed by atoms with Gasteiger partial charge in [-0.15, -0.1) is 0 Å². The lowest BCUT2D eigenvalue weighted by Gasteiger charge is -2.28. The minimum Gasteiger partial charge on any atom is -0.435 e. The molecule has 0 aromatic heterocycles. The van der Waals surface area contributed by atoms with Gasteiger partial charge in [0.2, 0.25) is 6.29 Å². The molecular weight excluding hydrogens is 248 g/mol. The van der Waals surface area contributed by atoms with E-state index >= 15 is 0 Å². The zero-order chi connectivity index (χ0) is 10.9. The van der Waals surface area contributed by atoms with Crippen molar-refractivity contribution in [3.63, 3.8) is 0 Å². The molecule has 0 aliphatic carbocycles. The van der Waals surface area contributed by atoms with Crippen LogP contribution in [0.1, 0.15) is 34.1 Å². The van der Waals surface area contributed by atoms with Crippen LogP contribution in [0.3, 0.4) is 0 Å². The molecule has 1 heterocycles. The normalized spacial score (nSPS) is 28.3. The summed E-state index contributed by atoms with van der Waals surface area (Å²) in [5, 5.41) is 0. The van der Waals surface area contributed by atoms with Crippen LogP contribution in [0.4, 0.5) is 0 Å². The molecule has 1 rings (SSSR count). The van der Waals surface area contributed by atoms with Gasteiger partial charge in [-0.1, -0.05) is 15.9 Å². The fraction of sp³-hybridized carbons (Fsp3) is 0.900. The molecule has 1 aliphatic heterocycles. The molecule has 0 aromatic carbocycles. The van der Waals surface area contributed by atoms with Crippen LogP contribution in [0.2, 0.25) is 0 Å². The second-order valence-electron chi connectivity index (χ2n) is 4.42. The van der Waals surface area contributed by atoms with Gasteiger partial charge in [0, 0.05) is 10.2 Å². The average Bonchev–Trinajstić information content (AvgIpc) is 2.28. The third-order valence-electron chi connectivity index (χ3n) is 2.25. The molecule has 14 heavy (non-hydrogen) atoms. The van der Waals surface area contributed by atoms with Gasteiger partial charge in [-0.05, 0) is 27.7 Å². The van der Waals surface area contributed by atoms with Gasteiger partial charge >= 0.3 is 5.97 Å². The summed E-state index contributed by atoms with van der Waals surface area (Å²) in [5.41, 5.74) is 0. The summed E-state index contributed by atoms with van der Waals surface area (Å²) in [7, 11) is 0.